The van der Waals surface area contributed by atoms with Gasteiger partial charge in [-0.15, -0.1) is 0 Å². The molecular formula is C26H25N3O2S2. The zero-order valence-corrected chi connectivity index (χ0v) is 20.1. The van der Waals surface area contributed by atoms with Gasteiger partial charge in [0.05, 0.1) is 23.4 Å². The Hall–Kier alpha value is -2.90. The quantitative estimate of drug-likeness (QED) is 0.330. The third-order valence-corrected chi connectivity index (χ3v) is 7.51. The average molecular weight is 476 g/mol. The Kier molecular flexibility index (Phi) is 6.33. The van der Waals surface area contributed by atoms with Crippen molar-refractivity contribution in [2.75, 3.05) is 7.11 Å². The van der Waals surface area contributed by atoms with Crippen molar-refractivity contribution < 1.29 is 9.53 Å². The number of hydrogen-bond acceptors (Lipinski definition) is 5. The Balaban J connectivity index is 1.53. The zero-order valence-electron chi connectivity index (χ0n) is 18.4. The number of carbonyl (C=O) groups excluding carboxylic acids is 1. The maximum atomic E-state index is 13.3. The largest absolute Gasteiger partial charge is 0.497 e. The molecule has 3 aromatic rings. The molecule has 0 N–H and O–H groups in total. The van der Waals surface area contributed by atoms with Crippen molar-refractivity contribution >= 4 is 40.3 Å². The monoisotopic (exact) mass is 475 g/mol. The van der Waals surface area contributed by atoms with Gasteiger partial charge in [0.2, 0.25) is 0 Å². The van der Waals surface area contributed by atoms with Crippen LogP contribution in [-0.2, 0) is 4.79 Å². The summed E-state index contributed by atoms with van der Waals surface area (Å²) in [5.74, 6) is 0.807. The maximum Gasteiger partial charge on any atom is 0.266 e. The molecule has 0 radical (unpaired) electrons. The molecule has 0 unspecified atom stereocenters. The molecule has 0 bridgehead atoms. The van der Waals surface area contributed by atoms with Crippen LogP contribution in [0.5, 0.6) is 5.75 Å². The molecule has 2 heterocycles. The van der Waals surface area contributed by atoms with Gasteiger partial charge in [-0.3, -0.25) is 9.69 Å². The minimum Gasteiger partial charge on any atom is -0.497 e. The molecule has 1 amide bonds. The third kappa shape index (κ3) is 4.48. The predicted octanol–water partition coefficient (Wildman–Crippen LogP) is 6.08. The van der Waals surface area contributed by atoms with E-state index in [0.717, 1.165) is 53.9 Å². The first-order chi connectivity index (χ1) is 16.1. The predicted molar refractivity (Wildman–Crippen MR) is 137 cm³/mol. The molecule has 2 aliphatic rings. The summed E-state index contributed by atoms with van der Waals surface area (Å²) in [5, 5.41) is 4.87. The second-order valence-electron chi connectivity index (χ2n) is 8.29. The van der Waals surface area contributed by atoms with Gasteiger partial charge in [-0.05, 0) is 55.3 Å². The number of thioether (sulfide) groups is 1. The van der Waals surface area contributed by atoms with Gasteiger partial charge in [-0.2, -0.15) is 5.10 Å². The van der Waals surface area contributed by atoms with Crippen LogP contribution >= 0.6 is 24.0 Å². The van der Waals surface area contributed by atoms with E-state index in [9.17, 15) is 4.79 Å². The molecule has 5 rings (SSSR count). The van der Waals surface area contributed by atoms with Crippen molar-refractivity contribution in [3.8, 4) is 22.7 Å². The fraction of sp³-hybridized carbons (Fsp3) is 0.269. The topological polar surface area (TPSA) is 47.4 Å². The van der Waals surface area contributed by atoms with Crippen molar-refractivity contribution in [1.82, 2.24) is 14.7 Å². The summed E-state index contributed by atoms with van der Waals surface area (Å²) >= 11 is 7.02. The average Bonchev–Trinajstić information content (AvgIpc) is 3.40. The van der Waals surface area contributed by atoms with Crippen LogP contribution in [0, 0.1) is 0 Å². The van der Waals surface area contributed by atoms with E-state index in [1.807, 2.05) is 76.5 Å². The molecule has 0 atom stereocenters. The van der Waals surface area contributed by atoms with Crippen molar-refractivity contribution in [3.05, 3.63) is 71.3 Å². The Morgan fingerprint density at radius 2 is 1.79 bits per heavy atom. The van der Waals surface area contributed by atoms with Gasteiger partial charge in [0, 0.05) is 23.4 Å². The molecule has 168 valence electrons. The number of methoxy groups -OCH3 is 1. The van der Waals surface area contributed by atoms with E-state index >= 15 is 0 Å². The second kappa shape index (κ2) is 9.53. The molecule has 2 fully saturated rings. The lowest BCUT2D eigenvalue weighted by Crippen LogP contribution is -2.39. The van der Waals surface area contributed by atoms with Crippen LogP contribution < -0.4 is 4.74 Å². The van der Waals surface area contributed by atoms with Crippen molar-refractivity contribution in [2.24, 2.45) is 0 Å². The minimum atomic E-state index is 0.0186. The van der Waals surface area contributed by atoms with Crippen LogP contribution in [0.4, 0.5) is 0 Å². The van der Waals surface area contributed by atoms with Gasteiger partial charge in [0.25, 0.3) is 5.91 Å². The Morgan fingerprint density at radius 3 is 2.48 bits per heavy atom. The molecule has 5 nitrogen and oxygen atoms in total. The van der Waals surface area contributed by atoms with Crippen molar-refractivity contribution in [3.63, 3.8) is 0 Å². The summed E-state index contributed by atoms with van der Waals surface area (Å²) < 4.78 is 7.83. The van der Waals surface area contributed by atoms with Gasteiger partial charge in [0.1, 0.15) is 10.1 Å². The Bertz CT molecular complexity index is 1200. The molecule has 1 aliphatic carbocycles. The summed E-state index contributed by atoms with van der Waals surface area (Å²) in [6, 6.07) is 18.0. The lowest BCUT2D eigenvalue weighted by atomic mass is 9.94. The zero-order chi connectivity index (χ0) is 22.8. The minimum absolute atomic E-state index is 0.0186. The highest BCUT2D eigenvalue weighted by atomic mass is 32.2. The SMILES string of the molecule is COc1ccc(-c2nn(-c3ccccc3)cc2/C=C2/SC(=S)N(C3CCCCC3)C2=O)cc1. The molecule has 2 aromatic carbocycles. The maximum absolute atomic E-state index is 13.3. The van der Waals surface area contributed by atoms with Crippen LogP contribution in [-0.4, -0.2) is 38.1 Å². The number of amides is 1. The summed E-state index contributed by atoms with van der Waals surface area (Å²) in [5.41, 5.74) is 3.61. The summed E-state index contributed by atoms with van der Waals surface area (Å²) in [6.45, 7) is 0. The fourth-order valence-corrected chi connectivity index (χ4v) is 5.85. The van der Waals surface area contributed by atoms with E-state index < -0.39 is 0 Å². The number of rotatable bonds is 5. The summed E-state index contributed by atoms with van der Waals surface area (Å²) in [6.07, 6.45) is 9.53. The highest BCUT2D eigenvalue weighted by molar-refractivity contribution is 8.26. The normalized spacial score (nSPS) is 18.3. The molecule has 1 saturated heterocycles. The highest BCUT2D eigenvalue weighted by Crippen LogP contribution is 2.38. The molecule has 1 saturated carbocycles. The van der Waals surface area contributed by atoms with Gasteiger partial charge in [-0.25, -0.2) is 4.68 Å². The van der Waals surface area contributed by atoms with E-state index in [0.29, 0.717) is 9.23 Å². The number of thiocarbonyl (C=S) groups is 1. The fourth-order valence-electron chi connectivity index (χ4n) is 4.45. The molecule has 7 heteroatoms. The number of carbonyl (C=O) groups is 1. The van der Waals surface area contributed by atoms with Crippen molar-refractivity contribution in [2.45, 2.75) is 38.1 Å². The summed E-state index contributed by atoms with van der Waals surface area (Å²) in [4.78, 5) is 15.8. The van der Waals surface area contributed by atoms with Gasteiger partial charge in [0.15, 0.2) is 0 Å². The number of para-hydroxylation sites is 1. The van der Waals surface area contributed by atoms with E-state index in [1.165, 1.54) is 18.2 Å². The van der Waals surface area contributed by atoms with Crippen LogP contribution in [0.25, 0.3) is 23.0 Å². The van der Waals surface area contributed by atoms with E-state index in [2.05, 4.69) is 0 Å². The molecule has 33 heavy (non-hydrogen) atoms. The first-order valence-corrected chi connectivity index (χ1v) is 12.4. The highest BCUT2D eigenvalue weighted by Gasteiger charge is 2.37. The lowest BCUT2D eigenvalue weighted by molar-refractivity contribution is -0.124. The van der Waals surface area contributed by atoms with Gasteiger partial charge >= 0.3 is 0 Å². The number of aromatic nitrogens is 2. The summed E-state index contributed by atoms with van der Waals surface area (Å²) in [7, 11) is 1.65. The first kappa shape index (κ1) is 21.9. The van der Waals surface area contributed by atoms with E-state index in [4.69, 9.17) is 22.1 Å². The third-order valence-electron chi connectivity index (χ3n) is 6.18. The second-order valence-corrected chi connectivity index (χ2v) is 9.96. The molecule has 1 aliphatic heterocycles. The number of ether oxygens (including phenoxy) is 1. The standard InChI is InChI=1S/C26H25N3O2S2/c1-31-22-14-12-18(13-15-22)24-19(17-28(27-24)20-8-4-2-5-9-20)16-23-25(30)29(26(32)33-23)21-10-6-3-7-11-21/h2,4-5,8-9,12-17,21H,3,6-7,10-11H2,1H3/b23-16+. The van der Waals surface area contributed by atoms with E-state index in [-0.39, 0.29) is 11.9 Å². The smallest absolute Gasteiger partial charge is 0.266 e. The molecule has 0 spiro atoms. The van der Waals surface area contributed by atoms with E-state index in [1.54, 1.807) is 7.11 Å². The number of benzene rings is 2. The first-order valence-electron chi connectivity index (χ1n) is 11.2. The Morgan fingerprint density at radius 1 is 1.06 bits per heavy atom. The Labute approximate surface area is 203 Å². The lowest BCUT2D eigenvalue weighted by Gasteiger charge is -2.29. The number of nitrogens with zero attached hydrogens (tertiary/aromatic N) is 3. The molecular weight excluding hydrogens is 450 g/mol. The van der Waals surface area contributed by atoms with Gasteiger partial charge in [-0.1, -0.05) is 61.4 Å². The van der Waals surface area contributed by atoms with Crippen LogP contribution in [0.2, 0.25) is 0 Å². The van der Waals surface area contributed by atoms with Crippen LogP contribution in [0.1, 0.15) is 37.7 Å². The van der Waals surface area contributed by atoms with Crippen LogP contribution in [0.15, 0.2) is 65.7 Å². The van der Waals surface area contributed by atoms with Gasteiger partial charge < -0.3 is 4.74 Å². The van der Waals surface area contributed by atoms with Crippen molar-refractivity contribution in [1.29, 1.82) is 0 Å². The van der Waals surface area contributed by atoms with Crippen LogP contribution in [0.3, 0.4) is 0 Å². The molecule has 1 aromatic heterocycles. The number of hydrogen-bond donors (Lipinski definition) is 0.